The molecule has 1 aliphatic rings. The molecule has 0 saturated carbocycles. The first kappa shape index (κ1) is 11.1. The Labute approximate surface area is 70.5 Å². The molecule has 0 aliphatic carbocycles. The number of hydrogen-bond donors (Lipinski definition) is 1. The molecule has 11 heavy (non-hydrogen) atoms. The van der Waals surface area contributed by atoms with E-state index in [2.05, 4.69) is 0 Å². The number of nitrogens with two attached hydrogens (primary N) is 1. The van der Waals surface area contributed by atoms with Gasteiger partial charge in [-0.1, -0.05) is 0 Å². The van der Waals surface area contributed by atoms with Gasteiger partial charge in [-0.25, -0.2) is 8.78 Å². The van der Waals surface area contributed by atoms with Gasteiger partial charge >= 0.3 is 0 Å². The zero-order chi connectivity index (χ0) is 7.56. The van der Waals surface area contributed by atoms with Gasteiger partial charge in [0.1, 0.15) is 0 Å². The maximum Gasteiger partial charge on any atom is 0.253 e. The van der Waals surface area contributed by atoms with Gasteiger partial charge in [0.05, 0.1) is 12.6 Å². The molecule has 0 aromatic rings. The lowest BCUT2D eigenvalue weighted by molar-refractivity contribution is 0.0814. The Morgan fingerprint density at radius 3 is 2.45 bits per heavy atom. The Hall–Kier alpha value is 0.0700. The van der Waals surface area contributed by atoms with Crippen LogP contribution in [0.25, 0.3) is 0 Å². The van der Waals surface area contributed by atoms with Crippen LogP contribution in [0.3, 0.4) is 0 Å². The molecule has 0 spiro atoms. The predicted octanol–water partition coefficient (Wildman–Crippen LogP) is 1.04. The summed E-state index contributed by atoms with van der Waals surface area (Å²) in [6, 6.07) is -0.998. The van der Waals surface area contributed by atoms with Crippen molar-refractivity contribution in [2.75, 3.05) is 13.2 Å². The van der Waals surface area contributed by atoms with Gasteiger partial charge in [-0.2, -0.15) is 0 Å². The fourth-order valence-electron chi connectivity index (χ4n) is 1.06. The van der Waals surface area contributed by atoms with Crippen molar-refractivity contribution >= 4 is 12.4 Å². The van der Waals surface area contributed by atoms with E-state index in [1.54, 1.807) is 0 Å². The minimum Gasteiger partial charge on any atom is -0.381 e. The zero-order valence-electron chi connectivity index (χ0n) is 6.00. The van der Waals surface area contributed by atoms with E-state index in [0.717, 1.165) is 0 Å². The average molecular weight is 188 g/mol. The second-order valence-electron chi connectivity index (χ2n) is 2.54. The molecule has 0 bridgehead atoms. The topological polar surface area (TPSA) is 35.2 Å². The highest BCUT2D eigenvalue weighted by Crippen LogP contribution is 2.19. The highest BCUT2D eigenvalue weighted by molar-refractivity contribution is 5.85. The van der Waals surface area contributed by atoms with Crippen molar-refractivity contribution in [1.29, 1.82) is 0 Å². The number of rotatable bonds is 2. The highest BCUT2D eigenvalue weighted by atomic mass is 35.5. The van der Waals surface area contributed by atoms with Crippen molar-refractivity contribution in [3.63, 3.8) is 0 Å². The van der Waals surface area contributed by atoms with Crippen molar-refractivity contribution in [3.05, 3.63) is 0 Å². The Morgan fingerprint density at radius 1 is 1.45 bits per heavy atom. The third kappa shape index (κ3) is 2.89. The van der Waals surface area contributed by atoms with Gasteiger partial charge in [0.25, 0.3) is 6.43 Å². The zero-order valence-corrected chi connectivity index (χ0v) is 6.82. The quantitative estimate of drug-likeness (QED) is 0.701. The fraction of sp³-hybridized carbons (Fsp3) is 1.00. The first-order chi connectivity index (χ1) is 4.72. The molecule has 1 fully saturated rings. The molecule has 1 unspecified atom stereocenters. The van der Waals surface area contributed by atoms with E-state index in [-0.39, 0.29) is 18.3 Å². The van der Waals surface area contributed by atoms with Crippen LogP contribution in [0.5, 0.6) is 0 Å². The van der Waals surface area contributed by atoms with Crippen molar-refractivity contribution < 1.29 is 13.5 Å². The van der Waals surface area contributed by atoms with Crippen LogP contribution in [0.1, 0.15) is 6.42 Å². The summed E-state index contributed by atoms with van der Waals surface area (Å²) in [5.41, 5.74) is 5.19. The third-order valence-electron chi connectivity index (χ3n) is 1.80. The van der Waals surface area contributed by atoms with Gasteiger partial charge < -0.3 is 10.5 Å². The molecule has 1 saturated heterocycles. The second kappa shape index (κ2) is 4.85. The van der Waals surface area contributed by atoms with E-state index in [1.165, 1.54) is 0 Å². The maximum absolute atomic E-state index is 11.9. The van der Waals surface area contributed by atoms with Gasteiger partial charge in [0.15, 0.2) is 0 Å². The lowest BCUT2D eigenvalue weighted by atomic mass is 10.0. The lowest BCUT2D eigenvalue weighted by Gasteiger charge is -2.15. The summed E-state index contributed by atoms with van der Waals surface area (Å²) in [6.45, 7) is 0.969. The van der Waals surface area contributed by atoms with Crippen molar-refractivity contribution in [1.82, 2.24) is 0 Å². The molecule has 0 aromatic carbocycles. The molecule has 1 rings (SSSR count). The summed E-state index contributed by atoms with van der Waals surface area (Å²) in [5, 5.41) is 0. The van der Waals surface area contributed by atoms with E-state index in [0.29, 0.717) is 19.6 Å². The van der Waals surface area contributed by atoms with Crippen LogP contribution in [-0.4, -0.2) is 25.7 Å². The van der Waals surface area contributed by atoms with Gasteiger partial charge in [-0.05, 0) is 6.42 Å². The Balaban J connectivity index is 0.000001000. The molecule has 1 heterocycles. The number of hydrogen-bond acceptors (Lipinski definition) is 2. The predicted molar refractivity (Wildman–Crippen MR) is 40.2 cm³/mol. The van der Waals surface area contributed by atoms with E-state index in [1.807, 2.05) is 0 Å². The number of alkyl halides is 2. The van der Waals surface area contributed by atoms with Gasteiger partial charge in [-0.3, -0.25) is 0 Å². The van der Waals surface area contributed by atoms with Crippen LogP contribution < -0.4 is 5.73 Å². The standard InChI is InChI=1S/C6H11F2NO.ClH/c7-6(8)5(9)4-1-2-10-3-4;/h4-6H,1-3,9H2;1H/t4?,5-;/m0./s1. The average Bonchev–Trinajstić information content (AvgIpc) is 2.36. The van der Waals surface area contributed by atoms with E-state index >= 15 is 0 Å². The van der Waals surface area contributed by atoms with Gasteiger partial charge in [0, 0.05) is 12.5 Å². The molecule has 2 nitrogen and oxygen atoms in total. The van der Waals surface area contributed by atoms with Crippen molar-refractivity contribution in [2.24, 2.45) is 11.7 Å². The van der Waals surface area contributed by atoms with Crippen LogP contribution >= 0.6 is 12.4 Å². The van der Waals surface area contributed by atoms with Crippen LogP contribution in [0.15, 0.2) is 0 Å². The van der Waals surface area contributed by atoms with Crippen LogP contribution in [0.2, 0.25) is 0 Å². The largest absolute Gasteiger partial charge is 0.381 e. The Kier molecular flexibility index (Phi) is 4.88. The van der Waals surface area contributed by atoms with E-state index < -0.39 is 12.5 Å². The number of ether oxygens (including phenoxy) is 1. The molecular formula is C6H12ClF2NO. The minimum atomic E-state index is -2.41. The number of halogens is 3. The van der Waals surface area contributed by atoms with Crippen LogP contribution in [-0.2, 0) is 4.74 Å². The SMILES string of the molecule is Cl.N[C@H](C(F)F)C1CCOC1. The fourth-order valence-corrected chi connectivity index (χ4v) is 1.06. The molecule has 5 heteroatoms. The molecule has 2 N–H and O–H groups in total. The summed E-state index contributed by atoms with van der Waals surface area (Å²) in [4.78, 5) is 0. The molecule has 0 radical (unpaired) electrons. The first-order valence-electron chi connectivity index (χ1n) is 3.33. The van der Waals surface area contributed by atoms with E-state index in [4.69, 9.17) is 10.5 Å². The lowest BCUT2D eigenvalue weighted by Crippen LogP contribution is -2.37. The molecule has 0 aromatic heterocycles. The maximum atomic E-state index is 11.9. The molecule has 1 aliphatic heterocycles. The van der Waals surface area contributed by atoms with Crippen LogP contribution in [0.4, 0.5) is 8.78 Å². The summed E-state index contributed by atoms with van der Waals surface area (Å²) in [5.74, 6) is -0.139. The smallest absolute Gasteiger partial charge is 0.253 e. The summed E-state index contributed by atoms with van der Waals surface area (Å²) >= 11 is 0. The monoisotopic (exact) mass is 187 g/mol. The van der Waals surface area contributed by atoms with Gasteiger partial charge in [-0.15, -0.1) is 12.4 Å². The van der Waals surface area contributed by atoms with Crippen molar-refractivity contribution in [2.45, 2.75) is 18.9 Å². The Morgan fingerprint density at radius 2 is 2.09 bits per heavy atom. The first-order valence-corrected chi connectivity index (χ1v) is 3.33. The van der Waals surface area contributed by atoms with E-state index in [9.17, 15) is 8.78 Å². The third-order valence-corrected chi connectivity index (χ3v) is 1.80. The Bertz CT molecular complexity index is 109. The summed E-state index contributed by atoms with van der Waals surface area (Å²) < 4.78 is 28.7. The summed E-state index contributed by atoms with van der Waals surface area (Å²) in [6.07, 6.45) is -1.74. The molecular weight excluding hydrogens is 176 g/mol. The molecule has 68 valence electrons. The van der Waals surface area contributed by atoms with Crippen LogP contribution in [0, 0.1) is 5.92 Å². The van der Waals surface area contributed by atoms with Crippen molar-refractivity contribution in [3.8, 4) is 0 Å². The second-order valence-corrected chi connectivity index (χ2v) is 2.54. The summed E-state index contributed by atoms with van der Waals surface area (Å²) in [7, 11) is 0. The highest BCUT2D eigenvalue weighted by Gasteiger charge is 2.28. The molecule has 0 amide bonds. The van der Waals surface area contributed by atoms with Gasteiger partial charge in [0.2, 0.25) is 0 Å². The minimum absolute atomic E-state index is 0. The normalized spacial score (nSPS) is 26.7. The molecule has 2 atom stereocenters.